The Labute approximate surface area is 123 Å². The standard InChI is InChI=1S/C15H16FNO3S/c1-2-12-4-3-11(10-18)9-15(12)21(19,20)17-14-7-5-13(16)6-8-14/h3-9,17-18H,2,10H2,1H3. The molecule has 0 unspecified atom stereocenters. The molecule has 0 aliphatic carbocycles. The van der Waals surface area contributed by atoms with Crippen molar-refractivity contribution in [1.82, 2.24) is 0 Å². The van der Waals surface area contributed by atoms with E-state index in [0.717, 1.165) is 0 Å². The molecule has 112 valence electrons. The van der Waals surface area contributed by atoms with E-state index < -0.39 is 15.8 Å². The minimum Gasteiger partial charge on any atom is -0.392 e. The van der Waals surface area contributed by atoms with E-state index in [1.165, 1.54) is 30.3 Å². The predicted molar refractivity (Wildman–Crippen MR) is 79.0 cm³/mol. The van der Waals surface area contributed by atoms with Crippen molar-refractivity contribution >= 4 is 15.7 Å². The summed E-state index contributed by atoms with van der Waals surface area (Å²) >= 11 is 0. The molecule has 0 radical (unpaired) electrons. The van der Waals surface area contributed by atoms with E-state index in [-0.39, 0.29) is 17.2 Å². The molecular weight excluding hydrogens is 293 g/mol. The molecule has 0 aromatic heterocycles. The summed E-state index contributed by atoms with van der Waals surface area (Å²) in [6, 6.07) is 9.90. The molecular formula is C15H16FNO3S. The molecule has 2 N–H and O–H groups in total. The Bertz CT molecular complexity index is 727. The van der Waals surface area contributed by atoms with Crippen LogP contribution in [0.5, 0.6) is 0 Å². The number of anilines is 1. The van der Waals surface area contributed by atoms with Gasteiger partial charge in [0.05, 0.1) is 11.5 Å². The lowest BCUT2D eigenvalue weighted by Crippen LogP contribution is -2.15. The van der Waals surface area contributed by atoms with Crippen molar-refractivity contribution in [3.63, 3.8) is 0 Å². The molecule has 0 saturated heterocycles. The second-order valence-corrected chi connectivity index (χ2v) is 6.22. The summed E-state index contributed by atoms with van der Waals surface area (Å²) in [4.78, 5) is 0.126. The highest BCUT2D eigenvalue weighted by molar-refractivity contribution is 7.92. The SMILES string of the molecule is CCc1ccc(CO)cc1S(=O)(=O)Nc1ccc(F)cc1. The van der Waals surface area contributed by atoms with Crippen LogP contribution in [0.2, 0.25) is 0 Å². The first-order valence-electron chi connectivity index (χ1n) is 6.47. The quantitative estimate of drug-likeness (QED) is 0.892. The highest BCUT2D eigenvalue weighted by atomic mass is 32.2. The Morgan fingerprint density at radius 3 is 2.38 bits per heavy atom. The summed E-state index contributed by atoms with van der Waals surface area (Å²) in [5.41, 5.74) is 1.46. The van der Waals surface area contributed by atoms with Crippen molar-refractivity contribution in [1.29, 1.82) is 0 Å². The number of sulfonamides is 1. The predicted octanol–water partition coefficient (Wildman–Crippen LogP) is 2.68. The molecule has 0 bridgehead atoms. The van der Waals surface area contributed by atoms with E-state index in [1.54, 1.807) is 12.1 Å². The summed E-state index contributed by atoms with van der Waals surface area (Å²) < 4.78 is 40.2. The van der Waals surface area contributed by atoms with Crippen molar-refractivity contribution in [2.75, 3.05) is 4.72 Å². The first kappa shape index (κ1) is 15.5. The molecule has 2 aromatic rings. The maximum absolute atomic E-state index is 12.9. The first-order chi connectivity index (χ1) is 9.96. The number of benzene rings is 2. The Morgan fingerprint density at radius 2 is 1.81 bits per heavy atom. The number of aryl methyl sites for hydroxylation is 1. The number of aliphatic hydroxyl groups excluding tert-OH is 1. The van der Waals surface area contributed by atoms with Crippen molar-refractivity contribution in [2.24, 2.45) is 0 Å². The van der Waals surface area contributed by atoms with Crippen LogP contribution in [0.3, 0.4) is 0 Å². The maximum Gasteiger partial charge on any atom is 0.262 e. The zero-order valence-electron chi connectivity index (χ0n) is 11.5. The molecule has 6 heteroatoms. The smallest absolute Gasteiger partial charge is 0.262 e. The van der Waals surface area contributed by atoms with Crippen molar-refractivity contribution in [3.05, 3.63) is 59.4 Å². The highest BCUT2D eigenvalue weighted by Gasteiger charge is 2.18. The van der Waals surface area contributed by atoms with Gasteiger partial charge in [-0.1, -0.05) is 19.1 Å². The zero-order valence-corrected chi connectivity index (χ0v) is 12.3. The fourth-order valence-electron chi connectivity index (χ4n) is 1.97. The van der Waals surface area contributed by atoms with Crippen LogP contribution >= 0.6 is 0 Å². The van der Waals surface area contributed by atoms with E-state index in [9.17, 15) is 12.8 Å². The van der Waals surface area contributed by atoms with Crippen molar-refractivity contribution in [3.8, 4) is 0 Å². The van der Waals surface area contributed by atoms with Gasteiger partial charge in [-0.15, -0.1) is 0 Å². The van der Waals surface area contributed by atoms with Gasteiger partial charge in [-0.25, -0.2) is 12.8 Å². The van der Waals surface area contributed by atoms with Crippen molar-refractivity contribution in [2.45, 2.75) is 24.8 Å². The largest absolute Gasteiger partial charge is 0.392 e. The van der Waals surface area contributed by atoms with E-state index in [2.05, 4.69) is 4.72 Å². The molecule has 0 fully saturated rings. The number of rotatable bonds is 5. The Morgan fingerprint density at radius 1 is 1.14 bits per heavy atom. The molecule has 0 amide bonds. The van der Waals surface area contributed by atoms with Gasteiger partial charge in [0.15, 0.2) is 0 Å². The van der Waals surface area contributed by atoms with E-state index in [4.69, 9.17) is 5.11 Å². The summed E-state index contributed by atoms with van der Waals surface area (Å²) in [5, 5.41) is 9.15. The molecule has 0 aliphatic rings. The minimum atomic E-state index is -3.79. The summed E-state index contributed by atoms with van der Waals surface area (Å²) in [7, 11) is -3.79. The van der Waals surface area contributed by atoms with Crippen LogP contribution in [0, 0.1) is 5.82 Å². The zero-order chi connectivity index (χ0) is 15.5. The lowest BCUT2D eigenvalue weighted by Gasteiger charge is -2.12. The lowest BCUT2D eigenvalue weighted by molar-refractivity contribution is 0.281. The third-order valence-corrected chi connectivity index (χ3v) is 4.54. The summed E-state index contributed by atoms with van der Waals surface area (Å²) in [5.74, 6) is -0.436. The second kappa shape index (κ2) is 6.24. The monoisotopic (exact) mass is 309 g/mol. The van der Waals surface area contributed by atoms with Crippen LogP contribution in [-0.2, 0) is 23.1 Å². The van der Waals surface area contributed by atoms with Crippen LogP contribution in [-0.4, -0.2) is 13.5 Å². The van der Waals surface area contributed by atoms with E-state index in [1.807, 2.05) is 6.92 Å². The van der Waals surface area contributed by atoms with Gasteiger partial charge >= 0.3 is 0 Å². The van der Waals surface area contributed by atoms with Crippen molar-refractivity contribution < 1.29 is 17.9 Å². The third-order valence-electron chi connectivity index (χ3n) is 3.08. The number of hydrogen-bond acceptors (Lipinski definition) is 3. The third kappa shape index (κ3) is 3.59. The van der Waals surface area contributed by atoms with Gasteiger partial charge in [-0.3, -0.25) is 4.72 Å². The number of nitrogens with one attached hydrogen (secondary N) is 1. The summed E-state index contributed by atoms with van der Waals surface area (Å²) in [6.45, 7) is 1.62. The minimum absolute atomic E-state index is 0.126. The van der Waals surface area contributed by atoms with Gasteiger partial charge < -0.3 is 5.11 Å². The number of halogens is 1. The lowest BCUT2D eigenvalue weighted by atomic mass is 10.1. The number of aliphatic hydroxyl groups is 1. The Kier molecular flexibility index (Phi) is 4.59. The fraction of sp³-hybridized carbons (Fsp3) is 0.200. The molecule has 0 heterocycles. The van der Waals surface area contributed by atoms with Crippen LogP contribution in [0.1, 0.15) is 18.1 Å². The highest BCUT2D eigenvalue weighted by Crippen LogP contribution is 2.22. The van der Waals surface area contributed by atoms with E-state index in [0.29, 0.717) is 17.5 Å². The average Bonchev–Trinajstić information content (AvgIpc) is 2.48. The number of hydrogen-bond donors (Lipinski definition) is 2. The van der Waals surface area contributed by atoms with Crippen LogP contribution in [0.25, 0.3) is 0 Å². The van der Waals surface area contributed by atoms with E-state index >= 15 is 0 Å². The van der Waals surface area contributed by atoms with Gasteiger partial charge in [-0.2, -0.15) is 0 Å². The molecule has 4 nitrogen and oxygen atoms in total. The Hall–Kier alpha value is -1.92. The molecule has 0 saturated carbocycles. The van der Waals surface area contributed by atoms with Crippen LogP contribution in [0.15, 0.2) is 47.4 Å². The topological polar surface area (TPSA) is 66.4 Å². The Balaban J connectivity index is 2.41. The molecule has 2 aromatic carbocycles. The van der Waals surface area contributed by atoms with Gasteiger partial charge in [0, 0.05) is 5.69 Å². The van der Waals surface area contributed by atoms with Crippen LogP contribution < -0.4 is 4.72 Å². The first-order valence-corrected chi connectivity index (χ1v) is 7.95. The van der Waals surface area contributed by atoms with Gasteiger partial charge in [-0.05, 0) is 47.9 Å². The molecule has 0 atom stereocenters. The second-order valence-electron chi connectivity index (χ2n) is 4.57. The normalized spacial score (nSPS) is 11.4. The molecule has 0 aliphatic heterocycles. The van der Waals surface area contributed by atoms with Gasteiger partial charge in [0.25, 0.3) is 10.0 Å². The van der Waals surface area contributed by atoms with Gasteiger partial charge in [0.1, 0.15) is 5.82 Å². The maximum atomic E-state index is 12.9. The molecule has 2 rings (SSSR count). The average molecular weight is 309 g/mol. The van der Waals surface area contributed by atoms with Gasteiger partial charge in [0.2, 0.25) is 0 Å². The molecule has 0 spiro atoms. The molecule has 21 heavy (non-hydrogen) atoms. The fourth-order valence-corrected chi connectivity index (χ4v) is 3.39. The van der Waals surface area contributed by atoms with Crippen LogP contribution in [0.4, 0.5) is 10.1 Å². The summed E-state index contributed by atoms with van der Waals surface area (Å²) in [6.07, 6.45) is 0.547.